The predicted octanol–water partition coefficient (Wildman–Crippen LogP) is 1.35. The largest absolute Gasteiger partial charge is 0.483 e. The fourth-order valence-electron chi connectivity index (χ4n) is 2.58. The Labute approximate surface area is 125 Å². The molecule has 0 radical (unpaired) electrons. The number of carbonyl (C=O) groups excluding carboxylic acids is 2. The highest BCUT2D eigenvalue weighted by atomic mass is 16.5. The van der Waals surface area contributed by atoms with Crippen molar-refractivity contribution in [3.63, 3.8) is 0 Å². The zero-order valence-corrected chi connectivity index (χ0v) is 12.4. The molecule has 0 atom stereocenters. The van der Waals surface area contributed by atoms with Crippen molar-refractivity contribution in [3.05, 3.63) is 29.8 Å². The number of para-hydroxylation sites is 1. The van der Waals surface area contributed by atoms with Crippen molar-refractivity contribution < 1.29 is 14.3 Å². The van der Waals surface area contributed by atoms with E-state index in [0.29, 0.717) is 25.9 Å². The molecule has 0 bridgehead atoms. The summed E-state index contributed by atoms with van der Waals surface area (Å²) in [4.78, 5) is 25.0. The van der Waals surface area contributed by atoms with Gasteiger partial charge in [0.25, 0.3) is 5.91 Å². The normalized spacial score (nSPS) is 15.8. The Kier molecular flexibility index (Phi) is 5.20. The van der Waals surface area contributed by atoms with E-state index in [9.17, 15) is 9.59 Å². The molecule has 21 heavy (non-hydrogen) atoms. The van der Waals surface area contributed by atoms with Crippen molar-refractivity contribution in [2.75, 3.05) is 19.7 Å². The van der Waals surface area contributed by atoms with Crippen molar-refractivity contribution in [2.45, 2.75) is 26.2 Å². The lowest BCUT2D eigenvalue weighted by Crippen LogP contribution is -2.43. The Balaban J connectivity index is 1.84. The van der Waals surface area contributed by atoms with Crippen LogP contribution in [0.25, 0.3) is 0 Å². The Morgan fingerprint density at radius 3 is 2.57 bits per heavy atom. The fraction of sp³-hybridized carbons (Fsp3) is 0.500. The van der Waals surface area contributed by atoms with Crippen molar-refractivity contribution >= 4 is 11.8 Å². The Morgan fingerprint density at radius 1 is 1.29 bits per heavy atom. The van der Waals surface area contributed by atoms with E-state index < -0.39 is 0 Å². The summed E-state index contributed by atoms with van der Waals surface area (Å²) in [7, 11) is 0. The van der Waals surface area contributed by atoms with Crippen LogP contribution in [0.2, 0.25) is 0 Å². The molecule has 1 saturated heterocycles. The average molecular weight is 290 g/mol. The van der Waals surface area contributed by atoms with Gasteiger partial charge in [0.15, 0.2) is 6.61 Å². The molecule has 5 heteroatoms. The quantitative estimate of drug-likeness (QED) is 0.889. The SMILES string of the molecule is CCc1ccccc1OCC(=O)N1CCC(C(N)=O)CC1. The molecule has 1 aromatic carbocycles. The first-order valence-corrected chi connectivity index (χ1v) is 7.39. The molecule has 1 aliphatic rings. The van der Waals surface area contributed by atoms with Crippen molar-refractivity contribution in [3.8, 4) is 5.75 Å². The number of nitrogens with two attached hydrogens (primary N) is 1. The molecule has 2 N–H and O–H groups in total. The molecular weight excluding hydrogens is 268 g/mol. The first-order chi connectivity index (χ1) is 10.1. The van der Waals surface area contributed by atoms with Crippen LogP contribution in [-0.4, -0.2) is 36.4 Å². The maximum Gasteiger partial charge on any atom is 0.260 e. The molecular formula is C16H22N2O3. The van der Waals surface area contributed by atoms with E-state index in [1.54, 1.807) is 4.90 Å². The van der Waals surface area contributed by atoms with Crippen molar-refractivity contribution in [1.29, 1.82) is 0 Å². The number of hydrogen-bond donors (Lipinski definition) is 1. The molecule has 0 aliphatic carbocycles. The van der Waals surface area contributed by atoms with Gasteiger partial charge in [0.05, 0.1) is 0 Å². The number of benzene rings is 1. The topological polar surface area (TPSA) is 72.6 Å². The van der Waals surface area contributed by atoms with Crippen LogP contribution in [0.4, 0.5) is 0 Å². The van der Waals surface area contributed by atoms with Crippen LogP contribution in [-0.2, 0) is 16.0 Å². The van der Waals surface area contributed by atoms with E-state index in [1.165, 1.54) is 0 Å². The van der Waals surface area contributed by atoms with E-state index in [-0.39, 0.29) is 24.3 Å². The molecule has 1 fully saturated rings. The molecule has 2 rings (SSSR count). The number of ether oxygens (including phenoxy) is 1. The second-order valence-electron chi connectivity index (χ2n) is 5.31. The first-order valence-electron chi connectivity index (χ1n) is 7.39. The van der Waals surface area contributed by atoms with Gasteiger partial charge in [-0.1, -0.05) is 25.1 Å². The summed E-state index contributed by atoms with van der Waals surface area (Å²) < 4.78 is 5.63. The zero-order valence-electron chi connectivity index (χ0n) is 12.4. The monoisotopic (exact) mass is 290 g/mol. The summed E-state index contributed by atoms with van der Waals surface area (Å²) in [6.07, 6.45) is 2.16. The summed E-state index contributed by atoms with van der Waals surface area (Å²) in [5.74, 6) is 0.357. The summed E-state index contributed by atoms with van der Waals surface area (Å²) in [6.45, 7) is 3.24. The zero-order chi connectivity index (χ0) is 15.2. The van der Waals surface area contributed by atoms with E-state index >= 15 is 0 Å². The molecule has 1 heterocycles. The third-order valence-electron chi connectivity index (χ3n) is 3.95. The van der Waals surface area contributed by atoms with Gasteiger partial charge >= 0.3 is 0 Å². The highest BCUT2D eigenvalue weighted by Gasteiger charge is 2.25. The van der Waals surface area contributed by atoms with Crippen LogP contribution in [0.5, 0.6) is 5.75 Å². The number of piperidine rings is 1. The number of amides is 2. The molecule has 0 spiro atoms. The smallest absolute Gasteiger partial charge is 0.260 e. The minimum Gasteiger partial charge on any atom is -0.483 e. The molecule has 1 aliphatic heterocycles. The van der Waals surface area contributed by atoms with E-state index in [0.717, 1.165) is 17.7 Å². The third kappa shape index (κ3) is 3.97. The van der Waals surface area contributed by atoms with Gasteiger partial charge in [0.2, 0.25) is 5.91 Å². The van der Waals surface area contributed by atoms with Crippen LogP contribution in [0.3, 0.4) is 0 Å². The lowest BCUT2D eigenvalue weighted by molar-refractivity contribution is -0.136. The summed E-state index contributed by atoms with van der Waals surface area (Å²) in [5.41, 5.74) is 6.38. The van der Waals surface area contributed by atoms with Crippen molar-refractivity contribution in [1.82, 2.24) is 4.90 Å². The Bertz CT molecular complexity index is 508. The lowest BCUT2D eigenvalue weighted by Gasteiger charge is -2.30. The van der Waals surface area contributed by atoms with Gasteiger partial charge in [0, 0.05) is 19.0 Å². The Morgan fingerprint density at radius 2 is 1.95 bits per heavy atom. The minimum atomic E-state index is -0.268. The number of carbonyl (C=O) groups is 2. The van der Waals surface area contributed by atoms with Gasteiger partial charge in [-0.15, -0.1) is 0 Å². The van der Waals surface area contributed by atoms with Crippen LogP contribution in [0, 0.1) is 5.92 Å². The molecule has 2 amide bonds. The summed E-state index contributed by atoms with van der Waals surface area (Å²) in [5, 5.41) is 0. The van der Waals surface area contributed by atoms with Gasteiger partial charge in [-0.05, 0) is 30.9 Å². The average Bonchev–Trinajstić information content (AvgIpc) is 2.52. The maximum atomic E-state index is 12.1. The highest BCUT2D eigenvalue weighted by molar-refractivity contribution is 5.79. The van der Waals surface area contributed by atoms with Crippen LogP contribution < -0.4 is 10.5 Å². The molecule has 1 aromatic rings. The number of rotatable bonds is 5. The predicted molar refractivity (Wildman–Crippen MR) is 79.8 cm³/mol. The van der Waals surface area contributed by atoms with Gasteiger partial charge in [-0.2, -0.15) is 0 Å². The second-order valence-corrected chi connectivity index (χ2v) is 5.31. The fourth-order valence-corrected chi connectivity index (χ4v) is 2.58. The van der Waals surface area contributed by atoms with Gasteiger partial charge in [-0.25, -0.2) is 0 Å². The van der Waals surface area contributed by atoms with Crippen LogP contribution in [0.1, 0.15) is 25.3 Å². The molecule has 0 saturated carbocycles. The Hall–Kier alpha value is -2.04. The number of hydrogen-bond acceptors (Lipinski definition) is 3. The van der Waals surface area contributed by atoms with Crippen LogP contribution in [0.15, 0.2) is 24.3 Å². The summed E-state index contributed by atoms with van der Waals surface area (Å²) >= 11 is 0. The molecule has 5 nitrogen and oxygen atoms in total. The molecule has 0 aromatic heterocycles. The highest BCUT2D eigenvalue weighted by Crippen LogP contribution is 2.19. The van der Waals surface area contributed by atoms with Gasteiger partial charge in [0.1, 0.15) is 5.75 Å². The minimum absolute atomic E-state index is 0.0381. The van der Waals surface area contributed by atoms with Gasteiger partial charge < -0.3 is 15.4 Å². The van der Waals surface area contributed by atoms with E-state index in [4.69, 9.17) is 10.5 Å². The molecule has 0 unspecified atom stereocenters. The van der Waals surface area contributed by atoms with E-state index in [2.05, 4.69) is 6.92 Å². The first kappa shape index (κ1) is 15.4. The number of likely N-dealkylation sites (tertiary alicyclic amines) is 1. The standard InChI is InChI=1S/C16H22N2O3/c1-2-12-5-3-4-6-14(12)21-11-15(19)18-9-7-13(8-10-18)16(17)20/h3-6,13H,2,7-11H2,1H3,(H2,17,20). The van der Waals surface area contributed by atoms with Crippen molar-refractivity contribution in [2.24, 2.45) is 11.7 Å². The number of primary amides is 1. The third-order valence-corrected chi connectivity index (χ3v) is 3.95. The lowest BCUT2D eigenvalue weighted by atomic mass is 9.96. The number of nitrogens with zero attached hydrogens (tertiary/aromatic N) is 1. The van der Waals surface area contributed by atoms with Gasteiger partial charge in [-0.3, -0.25) is 9.59 Å². The van der Waals surface area contributed by atoms with E-state index in [1.807, 2.05) is 24.3 Å². The second kappa shape index (κ2) is 7.11. The number of aryl methyl sites for hydroxylation is 1. The van der Waals surface area contributed by atoms with Crippen LogP contribution >= 0.6 is 0 Å². The molecule has 114 valence electrons. The summed E-state index contributed by atoms with van der Waals surface area (Å²) in [6, 6.07) is 7.74. The maximum absolute atomic E-state index is 12.1.